The maximum atomic E-state index is 5.79. The van der Waals surface area contributed by atoms with Crippen LogP contribution in [0.2, 0.25) is 0 Å². The molecular formula is C15H12INO. The van der Waals surface area contributed by atoms with E-state index in [2.05, 4.69) is 57.9 Å². The second kappa shape index (κ2) is 5.02. The highest BCUT2D eigenvalue weighted by atomic mass is 127. The van der Waals surface area contributed by atoms with E-state index in [0.717, 1.165) is 11.3 Å². The summed E-state index contributed by atoms with van der Waals surface area (Å²) >= 11 is 2.30. The van der Waals surface area contributed by atoms with Crippen LogP contribution in [0.4, 0.5) is 0 Å². The lowest BCUT2D eigenvalue weighted by Crippen LogP contribution is -1.95. The van der Waals surface area contributed by atoms with Crippen molar-refractivity contribution in [1.29, 1.82) is 0 Å². The van der Waals surface area contributed by atoms with E-state index < -0.39 is 0 Å². The maximum absolute atomic E-state index is 5.79. The number of fused-ring (bicyclic) bond motifs is 1. The third-order valence-electron chi connectivity index (χ3n) is 2.84. The molecular weight excluding hydrogens is 337 g/mol. The molecule has 1 aromatic heterocycles. The zero-order chi connectivity index (χ0) is 12.4. The highest BCUT2D eigenvalue weighted by Gasteiger charge is 1.99. The lowest BCUT2D eigenvalue weighted by Gasteiger charge is -2.06. The van der Waals surface area contributed by atoms with Gasteiger partial charge in [0.05, 0.1) is 0 Å². The summed E-state index contributed by atoms with van der Waals surface area (Å²) in [6.07, 6.45) is 1.94. The molecule has 0 spiro atoms. The van der Waals surface area contributed by atoms with E-state index in [4.69, 9.17) is 4.74 Å². The van der Waals surface area contributed by atoms with Crippen LogP contribution < -0.4 is 4.74 Å². The van der Waals surface area contributed by atoms with Gasteiger partial charge in [-0.2, -0.15) is 0 Å². The molecule has 1 heterocycles. The molecule has 0 aliphatic heterocycles. The molecule has 0 radical (unpaired) electrons. The van der Waals surface area contributed by atoms with E-state index in [-0.39, 0.29) is 0 Å². The van der Waals surface area contributed by atoms with Crippen LogP contribution in [0.1, 0.15) is 5.56 Å². The van der Waals surface area contributed by atoms with Crippen molar-refractivity contribution in [1.82, 2.24) is 4.98 Å². The number of benzene rings is 2. The standard InChI is InChI=1S/C15H12INO/c16-13-3-1-11(2-4-13)10-18-14-5-6-15-12(9-14)7-8-17-15/h1-9,17H,10H2. The molecule has 0 aliphatic carbocycles. The van der Waals surface area contributed by atoms with Crippen molar-refractivity contribution in [2.24, 2.45) is 0 Å². The second-order valence-corrected chi connectivity index (χ2v) is 5.39. The first-order chi connectivity index (χ1) is 8.81. The number of halogens is 1. The summed E-state index contributed by atoms with van der Waals surface area (Å²) in [5.74, 6) is 0.903. The number of aromatic nitrogens is 1. The number of rotatable bonds is 3. The van der Waals surface area contributed by atoms with Crippen molar-refractivity contribution in [3.05, 3.63) is 63.9 Å². The average Bonchev–Trinajstić information content (AvgIpc) is 2.85. The Bertz CT molecular complexity index is 658. The van der Waals surface area contributed by atoms with Crippen molar-refractivity contribution in [2.45, 2.75) is 6.61 Å². The summed E-state index contributed by atoms with van der Waals surface area (Å²) in [4.78, 5) is 3.17. The Hall–Kier alpha value is -1.49. The first-order valence-corrected chi connectivity index (χ1v) is 6.83. The summed E-state index contributed by atoms with van der Waals surface area (Å²) in [5, 5.41) is 1.18. The minimum atomic E-state index is 0.604. The molecule has 90 valence electrons. The van der Waals surface area contributed by atoms with Gasteiger partial charge in [-0.25, -0.2) is 0 Å². The van der Waals surface area contributed by atoms with Crippen molar-refractivity contribution < 1.29 is 4.74 Å². The van der Waals surface area contributed by atoms with E-state index in [9.17, 15) is 0 Å². The summed E-state index contributed by atoms with van der Waals surface area (Å²) < 4.78 is 7.03. The SMILES string of the molecule is Ic1ccc(COc2ccc3[nH]ccc3c2)cc1. The van der Waals surface area contributed by atoms with Gasteiger partial charge in [0.25, 0.3) is 0 Å². The zero-order valence-electron chi connectivity index (χ0n) is 9.69. The van der Waals surface area contributed by atoms with E-state index >= 15 is 0 Å². The molecule has 0 saturated heterocycles. The number of H-pyrrole nitrogens is 1. The average molecular weight is 349 g/mol. The molecule has 0 saturated carbocycles. The van der Waals surface area contributed by atoms with Gasteiger partial charge < -0.3 is 9.72 Å². The number of aromatic amines is 1. The molecule has 0 fully saturated rings. The molecule has 1 N–H and O–H groups in total. The summed E-state index contributed by atoms with van der Waals surface area (Å²) in [7, 11) is 0. The van der Waals surface area contributed by atoms with Crippen molar-refractivity contribution >= 4 is 33.5 Å². The summed E-state index contributed by atoms with van der Waals surface area (Å²) in [5.41, 5.74) is 2.32. The van der Waals surface area contributed by atoms with Gasteiger partial charge in [-0.1, -0.05) is 12.1 Å². The fraction of sp³-hybridized carbons (Fsp3) is 0.0667. The van der Waals surface area contributed by atoms with Crippen LogP contribution in [-0.4, -0.2) is 4.98 Å². The first kappa shape index (κ1) is 11.6. The Kier molecular flexibility index (Phi) is 3.23. The Labute approximate surface area is 119 Å². The highest BCUT2D eigenvalue weighted by molar-refractivity contribution is 14.1. The number of nitrogens with one attached hydrogen (secondary N) is 1. The molecule has 0 unspecified atom stereocenters. The van der Waals surface area contributed by atoms with Crippen LogP contribution in [0, 0.1) is 3.57 Å². The van der Waals surface area contributed by atoms with Crippen LogP contribution in [0.25, 0.3) is 10.9 Å². The van der Waals surface area contributed by atoms with Gasteiger partial charge in [0.1, 0.15) is 12.4 Å². The van der Waals surface area contributed by atoms with E-state index in [1.165, 1.54) is 14.5 Å². The van der Waals surface area contributed by atoms with E-state index in [1.54, 1.807) is 0 Å². The minimum Gasteiger partial charge on any atom is -0.489 e. The molecule has 3 rings (SSSR count). The Morgan fingerprint density at radius 2 is 1.83 bits per heavy atom. The summed E-state index contributed by atoms with van der Waals surface area (Å²) in [6, 6.07) is 16.5. The van der Waals surface area contributed by atoms with Crippen LogP contribution >= 0.6 is 22.6 Å². The largest absolute Gasteiger partial charge is 0.489 e. The normalized spacial score (nSPS) is 10.7. The first-order valence-electron chi connectivity index (χ1n) is 5.76. The Balaban J connectivity index is 1.74. The predicted molar refractivity (Wildman–Crippen MR) is 81.8 cm³/mol. The van der Waals surface area contributed by atoms with E-state index in [1.807, 2.05) is 24.4 Å². The van der Waals surface area contributed by atoms with Gasteiger partial charge in [0.2, 0.25) is 0 Å². The number of ether oxygens (including phenoxy) is 1. The van der Waals surface area contributed by atoms with Crippen molar-refractivity contribution in [2.75, 3.05) is 0 Å². The second-order valence-electron chi connectivity index (χ2n) is 4.14. The monoisotopic (exact) mass is 349 g/mol. The summed E-state index contributed by atoms with van der Waals surface area (Å²) in [6.45, 7) is 0.604. The van der Waals surface area contributed by atoms with Gasteiger partial charge in [-0.05, 0) is 64.6 Å². The lowest BCUT2D eigenvalue weighted by molar-refractivity contribution is 0.306. The van der Waals surface area contributed by atoms with Crippen molar-refractivity contribution in [3.63, 3.8) is 0 Å². The third kappa shape index (κ3) is 2.51. The van der Waals surface area contributed by atoms with Gasteiger partial charge in [-0.15, -0.1) is 0 Å². The van der Waals surface area contributed by atoms with Gasteiger partial charge in [0, 0.05) is 20.7 Å². The Morgan fingerprint density at radius 3 is 2.67 bits per heavy atom. The van der Waals surface area contributed by atoms with Crippen LogP contribution in [0.3, 0.4) is 0 Å². The molecule has 2 nitrogen and oxygen atoms in total. The topological polar surface area (TPSA) is 25.0 Å². The van der Waals surface area contributed by atoms with Crippen molar-refractivity contribution in [3.8, 4) is 5.75 Å². The molecule has 0 bridgehead atoms. The molecule has 3 heteroatoms. The van der Waals surface area contributed by atoms with E-state index in [0.29, 0.717) is 6.61 Å². The lowest BCUT2D eigenvalue weighted by atomic mass is 10.2. The third-order valence-corrected chi connectivity index (χ3v) is 3.56. The van der Waals surface area contributed by atoms with Gasteiger partial charge >= 0.3 is 0 Å². The fourth-order valence-corrected chi connectivity index (χ4v) is 2.23. The molecule has 18 heavy (non-hydrogen) atoms. The Morgan fingerprint density at radius 1 is 1.00 bits per heavy atom. The highest BCUT2D eigenvalue weighted by Crippen LogP contribution is 2.20. The smallest absolute Gasteiger partial charge is 0.120 e. The van der Waals surface area contributed by atoms with Gasteiger partial charge in [-0.3, -0.25) is 0 Å². The number of hydrogen-bond donors (Lipinski definition) is 1. The predicted octanol–water partition coefficient (Wildman–Crippen LogP) is 4.35. The molecule has 3 aromatic rings. The van der Waals surface area contributed by atoms with Crippen LogP contribution in [-0.2, 0) is 6.61 Å². The molecule has 2 aromatic carbocycles. The zero-order valence-corrected chi connectivity index (χ0v) is 11.8. The molecule has 0 amide bonds. The molecule has 0 atom stereocenters. The van der Waals surface area contributed by atoms with Crippen LogP contribution in [0.15, 0.2) is 54.7 Å². The van der Waals surface area contributed by atoms with Crippen LogP contribution in [0.5, 0.6) is 5.75 Å². The number of hydrogen-bond acceptors (Lipinski definition) is 1. The quantitative estimate of drug-likeness (QED) is 0.699. The van der Waals surface area contributed by atoms with Gasteiger partial charge in [0.15, 0.2) is 0 Å². The maximum Gasteiger partial charge on any atom is 0.120 e. The minimum absolute atomic E-state index is 0.604. The fourth-order valence-electron chi connectivity index (χ4n) is 1.87. The molecule has 0 aliphatic rings.